The molecule has 2 saturated heterocycles. The van der Waals surface area contributed by atoms with Crippen LogP contribution in [-0.2, 0) is 15.8 Å². The standard InChI is InChI=1S/C31H37F3N8O2/c1-4-28(43)42-19-22(20-42)40-14-11-39(12-15-40)13-16-41-10-9-25(30(44)38(3)26-7-5-6-8-27(26)41)37-29-23(18-35)24(31(32,33)34)17-21(2)36-29/h4-8,17,22,25H,1,9-16,19-20H2,2-3H3,(H,36,37)/t25-/m0/s1. The van der Waals surface area contributed by atoms with Crippen LogP contribution in [0, 0.1) is 18.3 Å². The molecule has 1 aromatic carbocycles. The van der Waals surface area contributed by atoms with Crippen LogP contribution in [0.5, 0.6) is 0 Å². The van der Waals surface area contributed by atoms with Gasteiger partial charge in [-0.1, -0.05) is 18.7 Å². The number of benzene rings is 1. The normalized spacial score (nSPS) is 20.3. The number of alkyl halides is 3. The highest BCUT2D eigenvalue weighted by Gasteiger charge is 2.38. The van der Waals surface area contributed by atoms with Crippen LogP contribution >= 0.6 is 0 Å². The smallest absolute Gasteiger partial charge is 0.368 e. The summed E-state index contributed by atoms with van der Waals surface area (Å²) in [5.41, 5.74) is 0.00343. The van der Waals surface area contributed by atoms with Gasteiger partial charge in [0.25, 0.3) is 0 Å². The second kappa shape index (κ2) is 12.8. The lowest BCUT2D eigenvalue weighted by atomic mass is 10.0. The predicted octanol–water partition coefficient (Wildman–Crippen LogP) is 2.95. The molecular weight excluding hydrogens is 573 g/mol. The minimum Gasteiger partial charge on any atom is -0.368 e. The number of rotatable bonds is 7. The first-order valence-electron chi connectivity index (χ1n) is 14.7. The average Bonchev–Trinajstić information content (AvgIpc) is 2.98. The maximum absolute atomic E-state index is 13.7. The van der Waals surface area contributed by atoms with Gasteiger partial charge in [-0.25, -0.2) is 4.98 Å². The fourth-order valence-corrected chi connectivity index (χ4v) is 6.15. The zero-order chi connectivity index (χ0) is 31.6. The van der Waals surface area contributed by atoms with Gasteiger partial charge in [-0.15, -0.1) is 0 Å². The van der Waals surface area contributed by atoms with E-state index < -0.39 is 23.3 Å². The molecule has 0 radical (unpaired) electrons. The first-order chi connectivity index (χ1) is 21.0. The molecule has 234 valence electrons. The number of piperazine rings is 1. The second-order valence-corrected chi connectivity index (χ2v) is 11.5. The van der Waals surface area contributed by atoms with Crippen molar-refractivity contribution in [2.24, 2.45) is 0 Å². The van der Waals surface area contributed by atoms with Gasteiger partial charge in [0.1, 0.15) is 23.5 Å². The van der Waals surface area contributed by atoms with Gasteiger partial charge in [-0.3, -0.25) is 19.4 Å². The maximum atomic E-state index is 13.7. The molecule has 0 aliphatic carbocycles. The largest absolute Gasteiger partial charge is 0.417 e. The third kappa shape index (κ3) is 6.51. The van der Waals surface area contributed by atoms with E-state index in [0.717, 1.165) is 57.6 Å². The number of nitrogens with zero attached hydrogens (tertiary/aromatic N) is 7. The fourth-order valence-electron chi connectivity index (χ4n) is 6.15. The van der Waals surface area contributed by atoms with Crippen molar-refractivity contribution in [2.75, 3.05) is 81.1 Å². The van der Waals surface area contributed by atoms with Crippen LogP contribution in [0.1, 0.15) is 23.2 Å². The number of para-hydroxylation sites is 2. The predicted molar refractivity (Wildman–Crippen MR) is 161 cm³/mol. The van der Waals surface area contributed by atoms with Crippen molar-refractivity contribution < 1.29 is 22.8 Å². The number of halogens is 3. The highest BCUT2D eigenvalue weighted by atomic mass is 19.4. The number of hydrogen-bond donors (Lipinski definition) is 1. The number of likely N-dealkylation sites (tertiary alicyclic amines) is 1. The highest BCUT2D eigenvalue weighted by Crippen LogP contribution is 2.36. The Morgan fingerprint density at radius 2 is 1.82 bits per heavy atom. The van der Waals surface area contributed by atoms with Gasteiger partial charge in [0, 0.05) is 77.7 Å². The molecule has 3 aliphatic rings. The first kappa shape index (κ1) is 31.3. The van der Waals surface area contributed by atoms with E-state index in [2.05, 4.69) is 31.6 Å². The van der Waals surface area contributed by atoms with E-state index in [-0.39, 0.29) is 23.3 Å². The van der Waals surface area contributed by atoms with Crippen LogP contribution in [0.25, 0.3) is 0 Å². The molecule has 0 spiro atoms. The van der Waals surface area contributed by atoms with Gasteiger partial charge in [0.05, 0.1) is 16.9 Å². The zero-order valence-corrected chi connectivity index (χ0v) is 25.0. The van der Waals surface area contributed by atoms with Crippen molar-refractivity contribution in [3.8, 4) is 6.07 Å². The quantitative estimate of drug-likeness (QED) is 0.478. The number of aromatic nitrogens is 1. The third-order valence-electron chi connectivity index (χ3n) is 8.73. The molecule has 1 aromatic heterocycles. The summed E-state index contributed by atoms with van der Waals surface area (Å²) >= 11 is 0. The third-order valence-corrected chi connectivity index (χ3v) is 8.73. The molecule has 10 nitrogen and oxygen atoms in total. The van der Waals surface area contributed by atoms with E-state index in [1.807, 2.05) is 24.3 Å². The van der Waals surface area contributed by atoms with E-state index in [0.29, 0.717) is 31.2 Å². The number of aryl methyl sites for hydroxylation is 1. The molecule has 2 fully saturated rings. The number of carbonyl (C=O) groups is 2. The number of anilines is 3. The van der Waals surface area contributed by atoms with Crippen molar-refractivity contribution in [1.82, 2.24) is 19.7 Å². The zero-order valence-electron chi connectivity index (χ0n) is 25.0. The lowest BCUT2D eigenvalue weighted by Gasteiger charge is -2.48. The molecule has 0 saturated carbocycles. The summed E-state index contributed by atoms with van der Waals surface area (Å²) in [6.45, 7) is 12.1. The molecular formula is C31H37F3N8O2. The molecule has 1 atom stereocenters. The Balaban J connectivity index is 1.27. The summed E-state index contributed by atoms with van der Waals surface area (Å²) in [6, 6.07) is 9.58. The summed E-state index contributed by atoms with van der Waals surface area (Å²) in [6.07, 6.45) is -3.08. The van der Waals surface area contributed by atoms with E-state index in [1.165, 1.54) is 17.9 Å². The van der Waals surface area contributed by atoms with Crippen molar-refractivity contribution in [2.45, 2.75) is 31.6 Å². The van der Waals surface area contributed by atoms with Crippen molar-refractivity contribution in [3.63, 3.8) is 0 Å². The van der Waals surface area contributed by atoms with Crippen LogP contribution < -0.4 is 15.1 Å². The fraction of sp³-hybridized carbons (Fsp3) is 0.484. The molecule has 0 bridgehead atoms. The number of nitriles is 1. The van der Waals surface area contributed by atoms with Gasteiger partial charge in [0.15, 0.2) is 0 Å². The van der Waals surface area contributed by atoms with Crippen LogP contribution in [0.4, 0.5) is 30.4 Å². The van der Waals surface area contributed by atoms with E-state index in [9.17, 15) is 28.0 Å². The molecule has 0 unspecified atom stereocenters. The van der Waals surface area contributed by atoms with E-state index in [1.54, 1.807) is 18.0 Å². The van der Waals surface area contributed by atoms with Crippen LogP contribution in [0.3, 0.4) is 0 Å². The number of nitrogens with one attached hydrogen (secondary N) is 1. The molecule has 13 heteroatoms. The summed E-state index contributed by atoms with van der Waals surface area (Å²) in [5, 5.41) is 12.5. The van der Waals surface area contributed by atoms with E-state index in [4.69, 9.17) is 0 Å². The Kier molecular flexibility index (Phi) is 9.12. The van der Waals surface area contributed by atoms with Gasteiger partial charge >= 0.3 is 6.18 Å². The summed E-state index contributed by atoms with van der Waals surface area (Å²) in [4.78, 5) is 39.9. The summed E-state index contributed by atoms with van der Waals surface area (Å²) in [5.74, 6) is -0.587. The van der Waals surface area contributed by atoms with Crippen LogP contribution in [0.15, 0.2) is 43.0 Å². The Labute approximate surface area is 255 Å². The van der Waals surface area contributed by atoms with Crippen molar-refractivity contribution >= 4 is 29.0 Å². The van der Waals surface area contributed by atoms with Gasteiger partial charge < -0.3 is 20.0 Å². The lowest BCUT2D eigenvalue weighted by Crippen LogP contribution is -2.64. The maximum Gasteiger partial charge on any atom is 0.417 e. The van der Waals surface area contributed by atoms with Crippen molar-refractivity contribution in [1.29, 1.82) is 5.26 Å². The summed E-state index contributed by atoms with van der Waals surface area (Å²) in [7, 11) is 1.65. The number of hydrogen-bond acceptors (Lipinski definition) is 8. The SMILES string of the molecule is C=CC(=O)N1CC(N2CCN(CCN3CC[C@H](Nc4nc(C)cc(C(F)(F)F)c4C#N)C(=O)N(C)c4ccccc43)CC2)C1. The Morgan fingerprint density at radius 3 is 2.45 bits per heavy atom. The molecule has 3 aliphatic heterocycles. The number of carbonyl (C=O) groups excluding carboxylic acids is 2. The lowest BCUT2D eigenvalue weighted by molar-refractivity contribution is -0.138. The number of pyridine rings is 1. The van der Waals surface area contributed by atoms with Gasteiger partial charge in [-0.05, 0) is 37.6 Å². The molecule has 44 heavy (non-hydrogen) atoms. The molecule has 1 N–H and O–H groups in total. The molecule has 5 rings (SSSR count). The van der Waals surface area contributed by atoms with E-state index >= 15 is 0 Å². The molecule has 2 amide bonds. The number of fused-ring (bicyclic) bond motifs is 1. The Hall–Kier alpha value is -4.15. The van der Waals surface area contributed by atoms with Crippen molar-refractivity contribution in [3.05, 3.63) is 59.8 Å². The number of likely N-dealkylation sites (N-methyl/N-ethyl adjacent to an activating group) is 1. The molecule has 2 aromatic rings. The molecule has 4 heterocycles. The average molecular weight is 611 g/mol. The monoisotopic (exact) mass is 610 g/mol. The Bertz CT molecular complexity index is 1440. The van der Waals surface area contributed by atoms with Crippen LogP contribution in [-0.4, -0.2) is 110 Å². The van der Waals surface area contributed by atoms with Crippen LogP contribution in [0.2, 0.25) is 0 Å². The highest BCUT2D eigenvalue weighted by molar-refractivity contribution is 6.01. The number of amides is 2. The first-order valence-corrected chi connectivity index (χ1v) is 14.7. The van der Waals surface area contributed by atoms with Gasteiger partial charge in [0.2, 0.25) is 11.8 Å². The topological polar surface area (TPSA) is 99.0 Å². The second-order valence-electron chi connectivity index (χ2n) is 11.5. The summed E-state index contributed by atoms with van der Waals surface area (Å²) < 4.78 is 41.1. The van der Waals surface area contributed by atoms with Gasteiger partial charge in [-0.2, -0.15) is 18.4 Å². The minimum absolute atomic E-state index is 0.0232. The minimum atomic E-state index is -4.74. The Morgan fingerprint density at radius 1 is 1.14 bits per heavy atom.